The van der Waals surface area contributed by atoms with E-state index < -0.39 is 0 Å². The number of thioether (sulfide) groups is 2. The number of ether oxygens (including phenoxy) is 1. The van der Waals surface area contributed by atoms with Gasteiger partial charge in [0.15, 0.2) is 0 Å². The molecule has 1 nitrogen and oxygen atoms in total. The minimum Gasteiger partial charge on any atom is -0.493 e. The van der Waals surface area contributed by atoms with Crippen molar-refractivity contribution in [3.8, 4) is 5.75 Å². The Kier molecular flexibility index (Phi) is 3.52. The molecule has 1 atom stereocenters. The average molecular weight is 270 g/mol. The molecule has 0 spiro atoms. The summed E-state index contributed by atoms with van der Waals surface area (Å²) < 4.78 is 19.6. The quantitative estimate of drug-likeness (QED) is 0.766. The number of fused-ring (bicyclic) bond motifs is 1. The highest BCUT2D eigenvalue weighted by Gasteiger charge is 2.31. The molecule has 0 saturated carbocycles. The second-order valence-corrected chi connectivity index (χ2v) is 7.19. The number of benzene rings is 1. The highest BCUT2D eigenvalue weighted by Crippen LogP contribution is 2.46. The van der Waals surface area contributed by atoms with Gasteiger partial charge in [0, 0.05) is 11.5 Å². The largest absolute Gasteiger partial charge is 0.493 e. The van der Waals surface area contributed by atoms with Gasteiger partial charge < -0.3 is 4.74 Å². The molecule has 0 amide bonds. The molecule has 0 N–H and O–H groups in total. The summed E-state index contributed by atoms with van der Waals surface area (Å²) in [5.74, 6) is 3.66. The van der Waals surface area contributed by atoms with Gasteiger partial charge in [-0.1, -0.05) is 0 Å². The van der Waals surface area contributed by atoms with Crippen LogP contribution in [0.5, 0.6) is 5.75 Å². The predicted octanol–water partition coefficient (Wildman–Crippen LogP) is 3.89. The molecule has 4 heteroatoms. The van der Waals surface area contributed by atoms with E-state index in [-0.39, 0.29) is 5.82 Å². The predicted molar refractivity (Wildman–Crippen MR) is 72.6 cm³/mol. The topological polar surface area (TPSA) is 9.23 Å². The third-order valence-electron chi connectivity index (χ3n) is 3.24. The summed E-state index contributed by atoms with van der Waals surface area (Å²) in [5.41, 5.74) is 1.07. The van der Waals surface area contributed by atoms with Crippen LogP contribution < -0.4 is 4.74 Å². The molecule has 1 aromatic carbocycles. The Morgan fingerprint density at radius 2 is 2.06 bits per heavy atom. The summed E-state index contributed by atoms with van der Waals surface area (Å²) >= 11 is 4.05. The van der Waals surface area contributed by atoms with E-state index in [4.69, 9.17) is 4.74 Å². The number of halogens is 1. The monoisotopic (exact) mass is 270 g/mol. The SMILES string of the molecule is Fc1ccc2c(c1)C(C1SCCCS1)CCO2. The number of hydrogen-bond donors (Lipinski definition) is 0. The highest BCUT2D eigenvalue weighted by molar-refractivity contribution is 8.17. The Hall–Kier alpha value is -0.350. The molecule has 1 unspecified atom stereocenters. The van der Waals surface area contributed by atoms with E-state index in [1.165, 1.54) is 24.0 Å². The van der Waals surface area contributed by atoms with Gasteiger partial charge in [-0.15, -0.1) is 23.5 Å². The fourth-order valence-electron chi connectivity index (χ4n) is 2.41. The van der Waals surface area contributed by atoms with Gasteiger partial charge in [-0.3, -0.25) is 0 Å². The van der Waals surface area contributed by atoms with Gasteiger partial charge in [-0.05, 0) is 42.5 Å². The first kappa shape index (κ1) is 11.7. The van der Waals surface area contributed by atoms with Gasteiger partial charge in [0.2, 0.25) is 0 Å². The third kappa shape index (κ3) is 2.43. The summed E-state index contributed by atoms with van der Waals surface area (Å²) in [6, 6.07) is 4.92. The van der Waals surface area contributed by atoms with Crippen LogP contribution in [0.15, 0.2) is 18.2 Å². The second-order valence-electron chi connectivity index (χ2n) is 4.39. The first-order chi connectivity index (χ1) is 8.34. The fraction of sp³-hybridized carbons (Fsp3) is 0.538. The highest BCUT2D eigenvalue weighted by atomic mass is 32.2. The van der Waals surface area contributed by atoms with Crippen molar-refractivity contribution in [3.05, 3.63) is 29.6 Å². The summed E-state index contributed by atoms with van der Waals surface area (Å²) in [4.78, 5) is 0. The van der Waals surface area contributed by atoms with Gasteiger partial charge in [0.05, 0.1) is 11.2 Å². The first-order valence-corrected chi connectivity index (χ1v) is 8.10. The molecule has 0 bridgehead atoms. The minimum absolute atomic E-state index is 0.148. The van der Waals surface area contributed by atoms with Crippen LogP contribution in [0.25, 0.3) is 0 Å². The molecule has 3 rings (SSSR count). The van der Waals surface area contributed by atoms with Crippen LogP contribution >= 0.6 is 23.5 Å². The van der Waals surface area contributed by atoms with Gasteiger partial charge >= 0.3 is 0 Å². The van der Waals surface area contributed by atoms with Gasteiger partial charge in [-0.25, -0.2) is 4.39 Å². The van der Waals surface area contributed by atoms with Crippen LogP contribution in [0.4, 0.5) is 4.39 Å². The van der Waals surface area contributed by atoms with Crippen molar-refractivity contribution in [2.24, 2.45) is 0 Å². The summed E-state index contributed by atoms with van der Waals surface area (Å²) in [7, 11) is 0. The van der Waals surface area contributed by atoms with Gasteiger partial charge in [0.25, 0.3) is 0 Å². The van der Waals surface area contributed by atoms with Gasteiger partial charge in [-0.2, -0.15) is 0 Å². The zero-order chi connectivity index (χ0) is 11.7. The molecule has 0 aliphatic carbocycles. The molecule has 2 heterocycles. The molecule has 17 heavy (non-hydrogen) atoms. The molecule has 2 aliphatic rings. The molecule has 1 saturated heterocycles. The van der Waals surface area contributed by atoms with E-state index in [1.54, 1.807) is 12.1 Å². The third-order valence-corrected chi connectivity index (χ3v) is 6.42. The Morgan fingerprint density at radius 1 is 1.24 bits per heavy atom. The standard InChI is InChI=1S/C13H15FOS2/c14-9-2-3-12-11(8-9)10(4-5-15-12)13-16-6-1-7-17-13/h2-3,8,10,13H,1,4-7H2. The van der Waals surface area contributed by atoms with E-state index in [0.717, 1.165) is 24.3 Å². The molecule has 1 aromatic rings. The van der Waals surface area contributed by atoms with E-state index in [0.29, 0.717) is 10.5 Å². The lowest BCUT2D eigenvalue weighted by Crippen LogP contribution is -2.23. The van der Waals surface area contributed by atoms with Crippen LogP contribution in [-0.2, 0) is 0 Å². The van der Waals surface area contributed by atoms with Crippen molar-refractivity contribution in [1.82, 2.24) is 0 Å². The zero-order valence-electron chi connectivity index (χ0n) is 9.52. The lowest BCUT2D eigenvalue weighted by atomic mass is 9.94. The average Bonchev–Trinajstić information content (AvgIpc) is 2.39. The second kappa shape index (κ2) is 5.11. The van der Waals surface area contributed by atoms with Crippen LogP contribution in [0.2, 0.25) is 0 Å². The van der Waals surface area contributed by atoms with Crippen molar-refractivity contribution in [1.29, 1.82) is 0 Å². The number of rotatable bonds is 1. The van der Waals surface area contributed by atoms with Gasteiger partial charge in [0.1, 0.15) is 11.6 Å². The maximum absolute atomic E-state index is 13.4. The van der Waals surface area contributed by atoms with Crippen molar-refractivity contribution in [2.45, 2.75) is 23.3 Å². The maximum atomic E-state index is 13.4. The molecular weight excluding hydrogens is 255 g/mol. The molecule has 0 aromatic heterocycles. The zero-order valence-corrected chi connectivity index (χ0v) is 11.2. The molecule has 2 aliphatic heterocycles. The van der Waals surface area contributed by atoms with E-state index >= 15 is 0 Å². The van der Waals surface area contributed by atoms with E-state index in [9.17, 15) is 4.39 Å². The Morgan fingerprint density at radius 3 is 2.88 bits per heavy atom. The molecule has 0 radical (unpaired) electrons. The molecule has 1 fully saturated rings. The minimum atomic E-state index is -0.148. The van der Waals surface area contributed by atoms with E-state index in [2.05, 4.69) is 0 Å². The van der Waals surface area contributed by atoms with Crippen LogP contribution in [0, 0.1) is 5.82 Å². The first-order valence-electron chi connectivity index (χ1n) is 6.00. The Bertz CT molecular complexity index is 404. The summed E-state index contributed by atoms with van der Waals surface area (Å²) in [6.07, 6.45) is 2.31. The van der Waals surface area contributed by atoms with Crippen molar-refractivity contribution < 1.29 is 9.13 Å². The number of hydrogen-bond acceptors (Lipinski definition) is 3. The fourth-order valence-corrected chi connectivity index (χ4v) is 5.67. The van der Waals surface area contributed by atoms with Crippen molar-refractivity contribution >= 4 is 23.5 Å². The van der Waals surface area contributed by atoms with E-state index in [1.807, 2.05) is 23.5 Å². The molecule has 92 valence electrons. The summed E-state index contributed by atoms with van der Waals surface area (Å²) in [6.45, 7) is 0.765. The van der Waals surface area contributed by atoms with Crippen LogP contribution in [0.1, 0.15) is 24.3 Å². The van der Waals surface area contributed by atoms with Crippen molar-refractivity contribution in [2.75, 3.05) is 18.1 Å². The summed E-state index contributed by atoms with van der Waals surface area (Å²) in [5, 5.41) is 0. The lowest BCUT2D eigenvalue weighted by Gasteiger charge is -2.33. The Labute approximate surface area is 109 Å². The lowest BCUT2D eigenvalue weighted by molar-refractivity contribution is 0.270. The Balaban J connectivity index is 1.89. The smallest absolute Gasteiger partial charge is 0.123 e. The van der Waals surface area contributed by atoms with Crippen LogP contribution in [-0.4, -0.2) is 22.7 Å². The maximum Gasteiger partial charge on any atom is 0.123 e. The molecular formula is C13H15FOS2. The van der Waals surface area contributed by atoms with Crippen LogP contribution in [0.3, 0.4) is 0 Å². The normalized spacial score (nSPS) is 25.1. The van der Waals surface area contributed by atoms with Crippen molar-refractivity contribution in [3.63, 3.8) is 0 Å².